The van der Waals surface area contributed by atoms with E-state index in [1.54, 1.807) is 11.3 Å². The van der Waals surface area contributed by atoms with Crippen LogP contribution < -0.4 is 4.74 Å². The first-order chi connectivity index (χ1) is 13.7. The summed E-state index contributed by atoms with van der Waals surface area (Å²) in [6, 6.07) is 10.1. The molecule has 4 nitrogen and oxygen atoms in total. The van der Waals surface area contributed by atoms with Crippen LogP contribution >= 0.6 is 38.6 Å². The molecule has 1 saturated heterocycles. The van der Waals surface area contributed by atoms with Gasteiger partial charge < -0.3 is 9.64 Å². The number of piperidine rings is 1. The molecule has 0 unspecified atom stereocenters. The van der Waals surface area contributed by atoms with E-state index in [0.717, 1.165) is 41.7 Å². The van der Waals surface area contributed by atoms with E-state index < -0.39 is 0 Å². The highest BCUT2D eigenvalue weighted by Crippen LogP contribution is 2.35. The highest BCUT2D eigenvalue weighted by Gasteiger charge is 2.28. The Morgan fingerprint density at radius 1 is 1.29 bits per heavy atom. The summed E-state index contributed by atoms with van der Waals surface area (Å²) in [6.07, 6.45) is 1.90. The molecule has 0 N–H and O–H groups in total. The summed E-state index contributed by atoms with van der Waals surface area (Å²) in [5.41, 5.74) is 2.16. The average Bonchev–Trinajstić information content (AvgIpc) is 3.38. The van der Waals surface area contributed by atoms with Gasteiger partial charge in [-0.2, -0.15) is 0 Å². The van der Waals surface area contributed by atoms with Gasteiger partial charge in [0.05, 0.1) is 17.3 Å². The molecule has 2 aromatic heterocycles. The minimum atomic E-state index is 0.0888. The molecule has 0 spiro atoms. The van der Waals surface area contributed by atoms with E-state index in [1.807, 2.05) is 35.4 Å². The minimum absolute atomic E-state index is 0.0888. The van der Waals surface area contributed by atoms with Crippen molar-refractivity contribution in [3.8, 4) is 17.0 Å². The highest BCUT2D eigenvalue weighted by molar-refractivity contribution is 9.10. The number of carbonyl (C=O) groups is 1. The maximum Gasteiger partial charge on any atom is 0.267 e. The van der Waals surface area contributed by atoms with Crippen molar-refractivity contribution < 1.29 is 9.53 Å². The highest BCUT2D eigenvalue weighted by atomic mass is 79.9. The van der Waals surface area contributed by atoms with Gasteiger partial charge >= 0.3 is 0 Å². The Hall–Kier alpha value is -1.70. The van der Waals surface area contributed by atoms with Gasteiger partial charge in [0.1, 0.15) is 10.6 Å². The lowest BCUT2D eigenvalue weighted by molar-refractivity contribution is 0.0714. The zero-order valence-electron chi connectivity index (χ0n) is 15.6. The van der Waals surface area contributed by atoms with E-state index in [-0.39, 0.29) is 5.91 Å². The lowest BCUT2D eigenvalue weighted by Crippen LogP contribution is -2.37. The summed E-state index contributed by atoms with van der Waals surface area (Å²) in [5, 5.41) is 5.23. The van der Waals surface area contributed by atoms with Crippen LogP contribution in [0.15, 0.2) is 45.6 Å². The fourth-order valence-corrected chi connectivity index (χ4v) is 5.65. The van der Waals surface area contributed by atoms with Crippen LogP contribution in [-0.4, -0.2) is 35.5 Å². The molecule has 0 saturated carbocycles. The van der Waals surface area contributed by atoms with Gasteiger partial charge in [0.2, 0.25) is 0 Å². The van der Waals surface area contributed by atoms with Crippen LogP contribution in [0.1, 0.15) is 40.4 Å². The first-order valence-corrected chi connectivity index (χ1v) is 11.9. The summed E-state index contributed by atoms with van der Waals surface area (Å²) in [7, 11) is 0. The minimum Gasteiger partial charge on any atom is -0.492 e. The molecular formula is C21H21BrN2O2S2. The topological polar surface area (TPSA) is 42.4 Å². The van der Waals surface area contributed by atoms with E-state index in [1.165, 1.54) is 16.3 Å². The second kappa shape index (κ2) is 8.76. The first kappa shape index (κ1) is 19.6. The lowest BCUT2D eigenvalue weighted by atomic mass is 9.97. The zero-order valence-corrected chi connectivity index (χ0v) is 18.8. The van der Waals surface area contributed by atoms with Crippen LogP contribution in [0.3, 0.4) is 0 Å². The Bertz CT molecular complexity index is 961. The van der Waals surface area contributed by atoms with Crippen molar-refractivity contribution >= 4 is 44.5 Å². The molecular weight excluding hydrogens is 456 g/mol. The molecule has 4 rings (SSSR count). The number of hydrogen-bond acceptors (Lipinski definition) is 5. The second-order valence-electron chi connectivity index (χ2n) is 6.69. The predicted molar refractivity (Wildman–Crippen MR) is 119 cm³/mol. The van der Waals surface area contributed by atoms with Crippen LogP contribution in [0.25, 0.3) is 11.3 Å². The molecule has 0 atom stereocenters. The molecule has 1 aliphatic heterocycles. The van der Waals surface area contributed by atoms with Crippen molar-refractivity contribution in [1.29, 1.82) is 0 Å². The van der Waals surface area contributed by atoms with Crippen molar-refractivity contribution in [3.05, 3.63) is 55.4 Å². The number of thiazole rings is 1. The summed E-state index contributed by atoms with van der Waals surface area (Å²) < 4.78 is 6.65. The molecule has 0 aliphatic carbocycles. The molecule has 3 heterocycles. The van der Waals surface area contributed by atoms with Crippen LogP contribution in [0.4, 0.5) is 0 Å². The Morgan fingerprint density at radius 3 is 2.86 bits per heavy atom. The number of nitrogens with zero attached hydrogens (tertiary/aromatic N) is 2. The van der Waals surface area contributed by atoms with E-state index in [4.69, 9.17) is 9.72 Å². The molecule has 1 aliphatic rings. The summed E-state index contributed by atoms with van der Waals surface area (Å²) >= 11 is 6.71. The van der Waals surface area contributed by atoms with E-state index in [0.29, 0.717) is 23.2 Å². The third kappa shape index (κ3) is 4.16. The van der Waals surface area contributed by atoms with Crippen molar-refractivity contribution in [1.82, 2.24) is 9.88 Å². The molecule has 0 bridgehead atoms. The fourth-order valence-electron chi connectivity index (χ4n) is 3.45. The number of thiophene rings is 1. The Labute approximate surface area is 181 Å². The molecule has 28 heavy (non-hydrogen) atoms. The van der Waals surface area contributed by atoms with Crippen LogP contribution in [-0.2, 0) is 0 Å². The molecule has 3 aromatic rings. The molecule has 7 heteroatoms. The van der Waals surface area contributed by atoms with Crippen LogP contribution in [0, 0.1) is 0 Å². The number of likely N-dealkylation sites (tertiary alicyclic amines) is 1. The number of hydrogen-bond donors (Lipinski definition) is 0. The number of carbonyl (C=O) groups excluding carboxylic acids is 1. The average molecular weight is 477 g/mol. The number of rotatable bonds is 5. The number of amides is 1. The Kier molecular flexibility index (Phi) is 6.13. The normalized spacial score (nSPS) is 15.0. The third-order valence-corrected chi connectivity index (χ3v) is 7.28. The van der Waals surface area contributed by atoms with Gasteiger partial charge in [0.15, 0.2) is 0 Å². The van der Waals surface area contributed by atoms with Crippen molar-refractivity contribution in [2.24, 2.45) is 0 Å². The van der Waals surface area contributed by atoms with Gasteiger partial charge in [-0.05, 0) is 43.3 Å². The zero-order chi connectivity index (χ0) is 19.5. The summed E-state index contributed by atoms with van der Waals surface area (Å²) in [4.78, 5) is 20.4. The Balaban J connectivity index is 1.40. The van der Waals surface area contributed by atoms with Gasteiger partial charge in [0, 0.05) is 34.4 Å². The van der Waals surface area contributed by atoms with Crippen molar-refractivity contribution in [2.75, 3.05) is 19.7 Å². The van der Waals surface area contributed by atoms with Crippen molar-refractivity contribution in [2.45, 2.75) is 25.7 Å². The SMILES string of the molecule is CCOc1ccsc1C(=O)N1CCC(c2nc(-c3cccc(Br)c3)cs2)CC1. The molecule has 1 aromatic carbocycles. The van der Waals surface area contributed by atoms with Gasteiger partial charge in [-0.1, -0.05) is 28.1 Å². The maximum absolute atomic E-state index is 12.9. The van der Waals surface area contributed by atoms with Gasteiger partial charge in [-0.25, -0.2) is 4.98 Å². The van der Waals surface area contributed by atoms with E-state index >= 15 is 0 Å². The smallest absolute Gasteiger partial charge is 0.267 e. The summed E-state index contributed by atoms with van der Waals surface area (Å²) in [5.74, 6) is 1.22. The fraction of sp³-hybridized carbons (Fsp3) is 0.333. The quantitative estimate of drug-likeness (QED) is 0.449. The van der Waals surface area contributed by atoms with E-state index in [9.17, 15) is 4.79 Å². The van der Waals surface area contributed by atoms with Gasteiger partial charge in [-0.15, -0.1) is 22.7 Å². The first-order valence-electron chi connectivity index (χ1n) is 9.36. The van der Waals surface area contributed by atoms with Gasteiger partial charge in [-0.3, -0.25) is 4.79 Å². The predicted octanol–water partition coefficient (Wildman–Crippen LogP) is 6.05. The number of benzene rings is 1. The molecule has 0 radical (unpaired) electrons. The number of halogens is 1. The second-order valence-corrected chi connectivity index (χ2v) is 9.42. The van der Waals surface area contributed by atoms with Gasteiger partial charge in [0.25, 0.3) is 5.91 Å². The summed E-state index contributed by atoms with van der Waals surface area (Å²) in [6.45, 7) is 4.04. The maximum atomic E-state index is 12.9. The van der Waals surface area contributed by atoms with Crippen LogP contribution in [0.2, 0.25) is 0 Å². The van der Waals surface area contributed by atoms with Crippen molar-refractivity contribution in [3.63, 3.8) is 0 Å². The largest absolute Gasteiger partial charge is 0.492 e. The monoisotopic (exact) mass is 476 g/mol. The molecule has 146 valence electrons. The third-order valence-electron chi connectivity index (χ3n) is 4.90. The van der Waals surface area contributed by atoms with E-state index in [2.05, 4.69) is 33.4 Å². The van der Waals surface area contributed by atoms with Crippen LogP contribution in [0.5, 0.6) is 5.75 Å². The Morgan fingerprint density at radius 2 is 2.11 bits per heavy atom. The number of ether oxygens (including phenoxy) is 1. The lowest BCUT2D eigenvalue weighted by Gasteiger charge is -2.31. The standard InChI is InChI=1S/C21H21BrN2O2S2/c1-2-26-18-8-11-27-19(18)21(25)24-9-6-14(7-10-24)20-23-17(13-28-20)15-4-3-5-16(22)12-15/h3-5,8,11-14H,2,6-7,9-10H2,1H3. The number of aromatic nitrogens is 1. The molecule has 1 fully saturated rings. The molecule has 1 amide bonds.